The number of amides is 1. The SMILES string of the molecule is O=C(O)[C@H]1[C@H](Cc2ccccc2)OC(=O)N1Cc1ccccc1. The monoisotopic (exact) mass is 311 g/mol. The molecule has 23 heavy (non-hydrogen) atoms. The van der Waals surface area contributed by atoms with Gasteiger partial charge in [0.25, 0.3) is 0 Å². The molecular weight excluding hydrogens is 294 g/mol. The number of nitrogens with zero attached hydrogens (tertiary/aromatic N) is 1. The zero-order valence-electron chi connectivity index (χ0n) is 12.5. The van der Waals surface area contributed by atoms with Gasteiger partial charge < -0.3 is 9.84 Å². The summed E-state index contributed by atoms with van der Waals surface area (Å²) in [6.45, 7) is 0.224. The van der Waals surface area contributed by atoms with Crippen molar-refractivity contribution >= 4 is 12.1 Å². The Hall–Kier alpha value is -2.82. The fourth-order valence-electron chi connectivity index (χ4n) is 2.81. The van der Waals surface area contributed by atoms with E-state index in [1.54, 1.807) is 0 Å². The van der Waals surface area contributed by atoms with Gasteiger partial charge in [0.05, 0.1) is 6.54 Å². The number of aliphatic carboxylic acids is 1. The summed E-state index contributed by atoms with van der Waals surface area (Å²) in [4.78, 5) is 25.1. The second-order valence-electron chi connectivity index (χ2n) is 5.51. The van der Waals surface area contributed by atoms with Crippen LogP contribution in [0.1, 0.15) is 11.1 Å². The minimum absolute atomic E-state index is 0.224. The highest BCUT2D eigenvalue weighted by Crippen LogP contribution is 2.25. The maximum Gasteiger partial charge on any atom is 0.411 e. The molecule has 5 nitrogen and oxygen atoms in total. The van der Waals surface area contributed by atoms with Crippen molar-refractivity contribution in [3.05, 3.63) is 71.8 Å². The van der Waals surface area contributed by atoms with Crippen molar-refractivity contribution in [3.8, 4) is 0 Å². The molecule has 1 heterocycles. The number of hydrogen-bond acceptors (Lipinski definition) is 3. The minimum atomic E-state index is -1.05. The average molecular weight is 311 g/mol. The number of carboxylic acid groups (broad SMARTS) is 1. The lowest BCUT2D eigenvalue weighted by Crippen LogP contribution is -2.43. The van der Waals surface area contributed by atoms with Crippen LogP contribution in [0.5, 0.6) is 0 Å². The molecule has 1 amide bonds. The van der Waals surface area contributed by atoms with Gasteiger partial charge in [-0.05, 0) is 11.1 Å². The summed E-state index contributed by atoms with van der Waals surface area (Å²) in [5.41, 5.74) is 1.81. The number of benzene rings is 2. The predicted octanol–water partition coefficient (Wildman–Crippen LogP) is 2.70. The zero-order valence-corrected chi connectivity index (χ0v) is 12.5. The molecule has 1 fully saturated rings. The normalized spacial score (nSPS) is 20.3. The number of ether oxygens (including phenoxy) is 1. The number of carboxylic acids is 1. The molecule has 3 rings (SSSR count). The number of carbonyl (C=O) groups is 2. The largest absolute Gasteiger partial charge is 0.480 e. The average Bonchev–Trinajstić information content (AvgIpc) is 2.85. The maximum atomic E-state index is 12.1. The standard InChI is InChI=1S/C18H17NO4/c20-17(21)16-15(11-13-7-3-1-4-8-13)23-18(22)19(16)12-14-9-5-2-6-10-14/h1-10,15-16H,11-12H2,(H,20,21)/t15-,16+/m0/s1. The van der Waals surface area contributed by atoms with Crippen LogP contribution in [0.2, 0.25) is 0 Å². The van der Waals surface area contributed by atoms with E-state index in [2.05, 4.69) is 0 Å². The first-order valence-corrected chi connectivity index (χ1v) is 7.43. The van der Waals surface area contributed by atoms with Crippen LogP contribution in [0.4, 0.5) is 4.79 Å². The third-order valence-electron chi connectivity index (χ3n) is 3.90. The first-order valence-electron chi connectivity index (χ1n) is 7.43. The molecule has 1 saturated heterocycles. The Labute approximate surface area is 134 Å². The van der Waals surface area contributed by atoms with Gasteiger partial charge in [0.1, 0.15) is 6.10 Å². The Morgan fingerprint density at radius 1 is 1.00 bits per heavy atom. The summed E-state index contributed by atoms with van der Waals surface area (Å²) in [6, 6.07) is 17.8. The van der Waals surface area contributed by atoms with Crippen LogP contribution < -0.4 is 0 Å². The summed E-state index contributed by atoms with van der Waals surface area (Å²) in [6.07, 6.45) is -0.886. The minimum Gasteiger partial charge on any atom is -0.480 e. The number of carbonyl (C=O) groups excluding carboxylic acids is 1. The van der Waals surface area contributed by atoms with Gasteiger partial charge in [-0.25, -0.2) is 9.59 Å². The van der Waals surface area contributed by atoms with Gasteiger partial charge >= 0.3 is 12.1 Å². The molecule has 118 valence electrons. The molecule has 1 N–H and O–H groups in total. The van der Waals surface area contributed by atoms with Gasteiger partial charge in [0, 0.05) is 6.42 Å². The Bertz CT molecular complexity index is 687. The van der Waals surface area contributed by atoms with Crippen molar-refractivity contribution in [2.45, 2.75) is 25.1 Å². The molecule has 2 aromatic carbocycles. The Morgan fingerprint density at radius 2 is 1.57 bits per heavy atom. The van der Waals surface area contributed by atoms with E-state index in [-0.39, 0.29) is 6.54 Å². The Balaban J connectivity index is 1.80. The second kappa shape index (κ2) is 6.52. The van der Waals surface area contributed by atoms with Gasteiger partial charge in [-0.3, -0.25) is 4.90 Å². The molecule has 1 aliphatic heterocycles. The lowest BCUT2D eigenvalue weighted by molar-refractivity contribution is -0.143. The summed E-state index contributed by atoms with van der Waals surface area (Å²) < 4.78 is 5.33. The van der Waals surface area contributed by atoms with E-state index in [1.165, 1.54) is 4.90 Å². The molecule has 0 bridgehead atoms. The van der Waals surface area contributed by atoms with Crippen molar-refractivity contribution in [2.24, 2.45) is 0 Å². The summed E-state index contributed by atoms with van der Waals surface area (Å²) >= 11 is 0. The van der Waals surface area contributed by atoms with Crippen LogP contribution in [-0.4, -0.2) is 34.2 Å². The molecule has 0 saturated carbocycles. The van der Waals surface area contributed by atoms with Crippen molar-refractivity contribution in [1.82, 2.24) is 4.90 Å². The third kappa shape index (κ3) is 3.34. The highest BCUT2D eigenvalue weighted by atomic mass is 16.6. The first-order chi connectivity index (χ1) is 11.1. The topological polar surface area (TPSA) is 66.8 Å². The van der Waals surface area contributed by atoms with Crippen LogP contribution in [0, 0.1) is 0 Å². The molecule has 1 aliphatic rings. The van der Waals surface area contributed by atoms with Gasteiger partial charge in [0.15, 0.2) is 6.04 Å². The van der Waals surface area contributed by atoms with E-state index in [0.29, 0.717) is 6.42 Å². The van der Waals surface area contributed by atoms with Gasteiger partial charge in [-0.15, -0.1) is 0 Å². The van der Waals surface area contributed by atoms with Crippen LogP contribution in [0.25, 0.3) is 0 Å². The van der Waals surface area contributed by atoms with E-state index >= 15 is 0 Å². The quantitative estimate of drug-likeness (QED) is 0.922. The fraction of sp³-hybridized carbons (Fsp3) is 0.222. The number of rotatable bonds is 5. The number of hydrogen-bond donors (Lipinski definition) is 1. The highest BCUT2D eigenvalue weighted by molar-refractivity contribution is 5.84. The molecule has 0 radical (unpaired) electrons. The second-order valence-corrected chi connectivity index (χ2v) is 5.51. The van der Waals surface area contributed by atoms with Crippen molar-refractivity contribution in [1.29, 1.82) is 0 Å². The third-order valence-corrected chi connectivity index (χ3v) is 3.90. The summed E-state index contributed by atoms with van der Waals surface area (Å²) in [5, 5.41) is 9.55. The van der Waals surface area contributed by atoms with E-state index < -0.39 is 24.2 Å². The fourth-order valence-corrected chi connectivity index (χ4v) is 2.81. The number of cyclic esters (lactones) is 1. The van der Waals surface area contributed by atoms with Crippen LogP contribution in [0.3, 0.4) is 0 Å². The molecule has 2 atom stereocenters. The molecule has 2 aromatic rings. The summed E-state index contributed by atoms with van der Waals surface area (Å²) in [7, 11) is 0. The Morgan fingerprint density at radius 3 is 2.13 bits per heavy atom. The predicted molar refractivity (Wildman–Crippen MR) is 83.8 cm³/mol. The summed E-state index contributed by atoms with van der Waals surface area (Å²) in [5.74, 6) is -1.05. The first kappa shape index (κ1) is 15.1. The Kier molecular flexibility index (Phi) is 4.28. The maximum absolute atomic E-state index is 12.1. The highest BCUT2D eigenvalue weighted by Gasteiger charge is 2.46. The van der Waals surface area contributed by atoms with Gasteiger partial charge in [-0.1, -0.05) is 60.7 Å². The lowest BCUT2D eigenvalue weighted by atomic mass is 10.0. The molecule has 0 aromatic heterocycles. The van der Waals surface area contributed by atoms with E-state index in [4.69, 9.17) is 4.74 Å². The van der Waals surface area contributed by atoms with Crippen LogP contribution >= 0.6 is 0 Å². The smallest absolute Gasteiger partial charge is 0.411 e. The van der Waals surface area contributed by atoms with Crippen LogP contribution in [0.15, 0.2) is 60.7 Å². The lowest BCUT2D eigenvalue weighted by Gasteiger charge is -2.21. The van der Waals surface area contributed by atoms with E-state index in [0.717, 1.165) is 11.1 Å². The van der Waals surface area contributed by atoms with Crippen molar-refractivity contribution < 1.29 is 19.4 Å². The molecular formula is C18H17NO4. The van der Waals surface area contributed by atoms with Crippen LogP contribution in [-0.2, 0) is 22.5 Å². The molecule has 0 unspecified atom stereocenters. The van der Waals surface area contributed by atoms with Gasteiger partial charge in [-0.2, -0.15) is 0 Å². The van der Waals surface area contributed by atoms with Crippen molar-refractivity contribution in [3.63, 3.8) is 0 Å². The van der Waals surface area contributed by atoms with Gasteiger partial charge in [0.2, 0.25) is 0 Å². The zero-order chi connectivity index (χ0) is 16.2. The van der Waals surface area contributed by atoms with E-state index in [9.17, 15) is 14.7 Å². The molecule has 0 spiro atoms. The molecule has 0 aliphatic carbocycles. The van der Waals surface area contributed by atoms with Crippen molar-refractivity contribution in [2.75, 3.05) is 0 Å². The molecule has 5 heteroatoms. The van der Waals surface area contributed by atoms with E-state index in [1.807, 2.05) is 60.7 Å².